The Morgan fingerprint density at radius 1 is 1.23 bits per heavy atom. The van der Waals surface area contributed by atoms with E-state index in [9.17, 15) is 0 Å². The largest absolute Gasteiger partial charge is 0.415 e. The number of rotatable bonds is 5. The lowest BCUT2D eigenvalue weighted by atomic mass is 9.99. The summed E-state index contributed by atoms with van der Waals surface area (Å²) in [5.41, 5.74) is 1.19. The third-order valence-electron chi connectivity index (χ3n) is 3.96. The van der Waals surface area contributed by atoms with Crippen molar-refractivity contribution in [1.82, 2.24) is 15.1 Å². The van der Waals surface area contributed by atoms with E-state index in [1.807, 2.05) is 24.3 Å². The lowest BCUT2D eigenvalue weighted by Crippen LogP contribution is -2.32. The summed E-state index contributed by atoms with van der Waals surface area (Å²) >= 11 is 7.44. The standard InChI is InChI=1S/C16H20ClN3OS/c1-12-6-8-20(9-7-12)10-15-18-19-16(21-15)22-11-13-2-4-14(17)5-3-13/h2-5,12H,6-11H2,1H3. The first-order valence-electron chi connectivity index (χ1n) is 7.61. The van der Waals surface area contributed by atoms with Gasteiger partial charge in [-0.1, -0.05) is 42.4 Å². The number of hydrogen-bond acceptors (Lipinski definition) is 5. The van der Waals surface area contributed by atoms with Crippen molar-refractivity contribution in [2.24, 2.45) is 5.92 Å². The van der Waals surface area contributed by atoms with E-state index in [0.29, 0.717) is 11.1 Å². The molecule has 0 bridgehead atoms. The molecule has 4 nitrogen and oxygen atoms in total. The van der Waals surface area contributed by atoms with Crippen molar-refractivity contribution in [2.45, 2.75) is 37.3 Å². The molecule has 6 heteroatoms. The third-order valence-corrected chi connectivity index (χ3v) is 5.10. The molecule has 22 heavy (non-hydrogen) atoms. The second-order valence-corrected chi connectivity index (χ2v) is 7.20. The Hall–Kier alpha value is -1.04. The van der Waals surface area contributed by atoms with Crippen molar-refractivity contribution in [2.75, 3.05) is 13.1 Å². The third kappa shape index (κ3) is 4.48. The highest BCUT2D eigenvalue weighted by Gasteiger charge is 2.18. The summed E-state index contributed by atoms with van der Waals surface area (Å²) in [5.74, 6) is 2.36. The molecule has 0 N–H and O–H groups in total. The van der Waals surface area contributed by atoms with Crippen LogP contribution in [0.3, 0.4) is 0 Å². The molecular formula is C16H20ClN3OS. The van der Waals surface area contributed by atoms with Gasteiger partial charge in [0.15, 0.2) is 0 Å². The summed E-state index contributed by atoms with van der Waals surface area (Å²) in [6, 6.07) is 7.82. The van der Waals surface area contributed by atoms with Crippen LogP contribution in [0.15, 0.2) is 33.9 Å². The molecule has 0 saturated carbocycles. The van der Waals surface area contributed by atoms with E-state index in [1.165, 1.54) is 18.4 Å². The zero-order chi connectivity index (χ0) is 15.4. The predicted octanol–water partition coefficient (Wildman–Crippen LogP) is 4.25. The highest BCUT2D eigenvalue weighted by molar-refractivity contribution is 7.98. The molecule has 1 saturated heterocycles. The molecule has 2 aromatic rings. The van der Waals surface area contributed by atoms with Crippen molar-refractivity contribution in [3.8, 4) is 0 Å². The van der Waals surface area contributed by atoms with Crippen LogP contribution in [-0.4, -0.2) is 28.2 Å². The van der Waals surface area contributed by atoms with Crippen LogP contribution in [0, 0.1) is 5.92 Å². The van der Waals surface area contributed by atoms with Crippen LogP contribution in [0.2, 0.25) is 5.02 Å². The van der Waals surface area contributed by atoms with Crippen LogP contribution in [-0.2, 0) is 12.3 Å². The number of aromatic nitrogens is 2. The molecule has 1 fully saturated rings. The topological polar surface area (TPSA) is 42.2 Å². The Kier molecular flexibility index (Phi) is 5.39. The van der Waals surface area contributed by atoms with Gasteiger partial charge in [0.25, 0.3) is 5.22 Å². The zero-order valence-corrected chi connectivity index (χ0v) is 14.2. The number of halogens is 1. The predicted molar refractivity (Wildman–Crippen MR) is 89.0 cm³/mol. The second kappa shape index (κ2) is 7.49. The number of piperidine rings is 1. The van der Waals surface area contributed by atoms with Gasteiger partial charge in [0, 0.05) is 10.8 Å². The van der Waals surface area contributed by atoms with Gasteiger partial charge in [-0.2, -0.15) is 0 Å². The molecule has 0 spiro atoms. The molecule has 0 radical (unpaired) electrons. The van der Waals surface area contributed by atoms with E-state index in [2.05, 4.69) is 22.0 Å². The fourth-order valence-corrected chi connectivity index (χ4v) is 3.36. The quantitative estimate of drug-likeness (QED) is 0.763. The molecule has 1 aromatic carbocycles. The smallest absolute Gasteiger partial charge is 0.276 e. The fourth-order valence-electron chi connectivity index (χ4n) is 2.50. The molecule has 1 aromatic heterocycles. The fraction of sp³-hybridized carbons (Fsp3) is 0.500. The van der Waals surface area contributed by atoms with Crippen LogP contribution in [0.5, 0.6) is 0 Å². The maximum absolute atomic E-state index is 5.88. The summed E-state index contributed by atoms with van der Waals surface area (Å²) in [4.78, 5) is 2.39. The molecule has 0 unspecified atom stereocenters. The summed E-state index contributed by atoms with van der Waals surface area (Å²) in [5, 5.41) is 9.67. The van der Waals surface area contributed by atoms with Crippen LogP contribution < -0.4 is 0 Å². The van der Waals surface area contributed by atoms with Crippen molar-refractivity contribution in [1.29, 1.82) is 0 Å². The van der Waals surface area contributed by atoms with Gasteiger partial charge < -0.3 is 4.42 Å². The van der Waals surface area contributed by atoms with Crippen molar-refractivity contribution >= 4 is 23.4 Å². The molecule has 0 amide bonds. The van der Waals surface area contributed by atoms with Crippen molar-refractivity contribution in [3.05, 3.63) is 40.7 Å². The molecular weight excluding hydrogens is 318 g/mol. The maximum Gasteiger partial charge on any atom is 0.276 e. The molecule has 0 atom stereocenters. The number of likely N-dealkylation sites (tertiary alicyclic amines) is 1. The molecule has 1 aliphatic heterocycles. The minimum absolute atomic E-state index is 0.635. The number of hydrogen-bond donors (Lipinski definition) is 0. The van der Waals surface area contributed by atoms with E-state index in [4.69, 9.17) is 16.0 Å². The maximum atomic E-state index is 5.88. The normalized spacial score (nSPS) is 17.0. The average molecular weight is 338 g/mol. The number of nitrogens with zero attached hydrogens (tertiary/aromatic N) is 3. The Balaban J connectivity index is 1.49. The van der Waals surface area contributed by atoms with Crippen LogP contribution in [0.1, 0.15) is 31.2 Å². The Labute approximate surface area is 140 Å². The van der Waals surface area contributed by atoms with Gasteiger partial charge >= 0.3 is 0 Å². The zero-order valence-electron chi connectivity index (χ0n) is 12.7. The van der Waals surface area contributed by atoms with E-state index in [1.54, 1.807) is 11.8 Å². The van der Waals surface area contributed by atoms with E-state index < -0.39 is 0 Å². The van der Waals surface area contributed by atoms with E-state index in [-0.39, 0.29) is 0 Å². The average Bonchev–Trinajstić information content (AvgIpc) is 2.97. The molecule has 2 heterocycles. The van der Waals surface area contributed by atoms with Gasteiger partial charge in [0.1, 0.15) is 0 Å². The molecule has 0 aliphatic carbocycles. The highest BCUT2D eigenvalue weighted by atomic mass is 35.5. The lowest BCUT2D eigenvalue weighted by Gasteiger charge is -2.28. The number of benzene rings is 1. The molecule has 1 aliphatic rings. The SMILES string of the molecule is CC1CCN(Cc2nnc(SCc3ccc(Cl)cc3)o2)CC1. The van der Waals surface area contributed by atoms with Gasteiger partial charge in [-0.25, -0.2) is 0 Å². The summed E-state index contributed by atoms with van der Waals surface area (Å²) < 4.78 is 5.73. The lowest BCUT2D eigenvalue weighted by molar-refractivity contribution is 0.168. The van der Waals surface area contributed by atoms with Crippen molar-refractivity contribution < 1.29 is 4.42 Å². The molecule has 118 valence electrons. The first-order chi connectivity index (χ1) is 10.7. The van der Waals surface area contributed by atoms with Gasteiger partial charge in [0.05, 0.1) is 6.54 Å². The van der Waals surface area contributed by atoms with Gasteiger partial charge in [-0.05, 0) is 49.5 Å². The Bertz CT molecular complexity index is 594. The minimum atomic E-state index is 0.635. The Morgan fingerprint density at radius 2 is 1.95 bits per heavy atom. The number of thioether (sulfide) groups is 1. The highest BCUT2D eigenvalue weighted by Crippen LogP contribution is 2.23. The first kappa shape index (κ1) is 15.8. The first-order valence-corrected chi connectivity index (χ1v) is 8.97. The van der Waals surface area contributed by atoms with E-state index >= 15 is 0 Å². The van der Waals surface area contributed by atoms with Crippen LogP contribution >= 0.6 is 23.4 Å². The van der Waals surface area contributed by atoms with Crippen molar-refractivity contribution in [3.63, 3.8) is 0 Å². The summed E-state index contributed by atoms with van der Waals surface area (Å²) in [6.07, 6.45) is 2.51. The van der Waals surface area contributed by atoms with Gasteiger partial charge in [0.2, 0.25) is 5.89 Å². The summed E-state index contributed by atoms with van der Waals surface area (Å²) in [7, 11) is 0. The monoisotopic (exact) mass is 337 g/mol. The van der Waals surface area contributed by atoms with Gasteiger partial charge in [-0.15, -0.1) is 10.2 Å². The molecule has 3 rings (SSSR count). The van der Waals surface area contributed by atoms with Crippen LogP contribution in [0.25, 0.3) is 0 Å². The van der Waals surface area contributed by atoms with Gasteiger partial charge in [-0.3, -0.25) is 4.90 Å². The minimum Gasteiger partial charge on any atom is -0.415 e. The van der Waals surface area contributed by atoms with E-state index in [0.717, 1.165) is 36.3 Å². The van der Waals surface area contributed by atoms with Crippen LogP contribution in [0.4, 0.5) is 0 Å². The second-order valence-electron chi connectivity index (χ2n) is 5.84. The summed E-state index contributed by atoms with van der Waals surface area (Å²) in [6.45, 7) is 5.32. The Morgan fingerprint density at radius 3 is 2.68 bits per heavy atom.